The number of aliphatic carboxylic acids is 1. The Bertz CT molecular complexity index is 882. The molecule has 3 rings (SSSR count). The van der Waals surface area contributed by atoms with Gasteiger partial charge in [-0.25, -0.2) is 9.78 Å². The highest BCUT2D eigenvalue weighted by atomic mass is 16.4. The van der Waals surface area contributed by atoms with Crippen molar-refractivity contribution in [1.82, 2.24) is 24.6 Å². The molecule has 26 heavy (non-hydrogen) atoms. The summed E-state index contributed by atoms with van der Waals surface area (Å²) in [5.41, 5.74) is 3.06. The van der Waals surface area contributed by atoms with E-state index in [1.165, 1.54) is 18.2 Å². The van der Waals surface area contributed by atoms with Crippen molar-refractivity contribution in [2.45, 2.75) is 46.2 Å². The van der Waals surface area contributed by atoms with Gasteiger partial charge >= 0.3 is 5.97 Å². The fourth-order valence-electron chi connectivity index (χ4n) is 3.56. The average molecular weight is 359 g/mol. The molecule has 2 aromatic rings. The fraction of sp³-hybridized carbons (Fsp3) is 0.471. The fourth-order valence-corrected chi connectivity index (χ4v) is 3.56. The molecule has 1 atom stereocenters. The van der Waals surface area contributed by atoms with Crippen LogP contribution in [0.2, 0.25) is 0 Å². The molecule has 2 aromatic heterocycles. The van der Waals surface area contributed by atoms with Gasteiger partial charge in [-0.05, 0) is 20.8 Å². The van der Waals surface area contributed by atoms with Gasteiger partial charge in [0.25, 0.3) is 0 Å². The third kappa shape index (κ3) is 3.00. The molecule has 1 aliphatic rings. The van der Waals surface area contributed by atoms with Gasteiger partial charge in [-0.1, -0.05) is 0 Å². The SMILES string of the molecule is CC(=O)c1c(C)nn(CCC(=O)N2CCc3[nH]cnc3C2C(=O)O)c1C. The van der Waals surface area contributed by atoms with E-state index in [4.69, 9.17) is 0 Å². The van der Waals surface area contributed by atoms with Gasteiger partial charge in [-0.15, -0.1) is 0 Å². The number of aryl methyl sites for hydroxylation is 2. The van der Waals surface area contributed by atoms with E-state index in [-0.39, 0.29) is 24.7 Å². The highest BCUT2D eigenvalue weighted by Gasteiger charge is 2.37. The molecule has 9 nitrogen and oxygen atoms in total. The van der Waals surface area contributed by atoms with Crippen LogP contribution in [-0.4, -0.2) is 54.0 Å². The molecule has 3 heterocycles. The van der Waals surface area contributed by atoms with Gasteiger partial charge in [0.2, 0.25) is 5.91 Å². The minimum Gasteiger partial charge on any atom is -0.479 e. The van der Waals surface area contributed by atoms with Crippen molar-refractivity contribution < 1.29 is 19.5 Å². The number of carbonyl (C=O) groups is 3. The molecule has 138 valence electrons. The van der Waals surface area contributed by atoms with Crippen LogP contribution in [-0.2, 0) is 22.6 Å². The Morgan fingerprint density at radius 3 is 2.69 bits per heavy atom. The molecule has 1 amide bonds. The van der Waals surface area contributed by atoms with E-state index in [1.807, 2.05) is 0 Å². The molecule has 1 unspecified atom stereocenters. The van der Waals surface area contributed by atoms with Crippen LogP contribution >= 0.6 is 0 Å². The van der Waals surface area contributed by atoms with Crippen LogP contribution < -0.4 is 0 Å². The number of carboxylic acids is 1. The second-order valence-corrected chi connectivity index (χ2v) is 6.42. The molecule has 0 fully saturated rings. The summed E-state index contributed by atoms with van der Waals surface area (Å²) in [5.74, 6) is -1.44. The quantitative estimate of drug-likeness (QED) is 0.769. The molecule has 2 N–H and O–H groups in total. The van der Waals surface area contributed by atoms with Crippen LogP contribution in [0.1, 0.15) is 52.5 Å². The van der Waals surface area contributed by atoms with Gasteiger partial charge in [0, 0.05) is 37.3 Å². The number of hydrogen-bond acceptors (Lipinski definition) is 5. The highest BCUT2D eigenvalue weighted by Crippen LogP contribution is 2.28. The van der Waals surface area contributed by atoms with E-state index in [0.717, 1.165) is 5.69 Å². The summed E-state index contributed by atoms with van der Waals surface area (Å²) < 4.78 is 1.63. The number of imidazole rings is 1. The Kier molecular flexibility index (Phi) is 4.62. The number of fused-ring (bicyclic) bond motifs is 1. The summed E-state index contributed by atoms with van der Waals surface area (Å²) in [6.07, 6.45) is 2.09. The second-order valence-electron chi connectivity index (χ2n) is 6.42. The molecule has 0 radical (unpaired) electrons. The average Bonchev–Trinajstić information content (AvgIpc) is 3.15. The summed E-state index contributed by atoms with van der Waals surface area (Å²) in [6.45, 7) is 5.64. The number of hydrogen-bond donors (Lipinski definition) is 2. The number of amides is 1. The van der Waals surface area contributed by atoms with Crippen LogP contribution in [0.4, 0.5) is 0 Å². The normalized spacial score (nSPS) is 16.4. The summed E-state index contributed by atoms with van der Waals surface area (Å²) >= 11 is 0. The Morgan fingerprint density at radius 1 is 1.35 bits per heavy atom. The Morgan fingerprint density at radius 2 is 2.08 bits per heavy atom. The smallest absolute Gasteiger partial charge is 0.332 e. The lowest BCUT2D eigenvalue weighted by atomic mass is 10.0. The summed E-state index contributed by atoms with van der Waals surface area (Å²) in [6, 6.07) is -1.08. The van der Waals surface area contributed by atoms with Gasteiger partial charge in [0.1, 0.15) is 0 Å². The number of aromatic nitrogens is 4. The van der Waals surface area contributed by atoms with E-state index in [9.17, 15) is 19.5 Å². The first-order valence-electron chi connectivity index (χ1n) is 8.40. The van der Waals surface area contributed by atoms with Crippen LogP contribution in [0, 0.1) is 13.8 Å². The van der Waals surface area contributed by atoms with Crippen molar-refractivity contribution in [2.75, 3.05) is 6.54 Å². The molecular weight excluding hydrogens is 338 g/mol. The second kappa shape index (κ2) is 6.74. The molecular formula is C17H21N5O4. The predicted octanol–water partition coefficient (Wildman–Crippen LogP) is 1.03. The number of H-pyrrole nitrogens is 1. The zero-order valence-electron chi connectivity index (χ0n) is 14.9. The number of carboxylic acid groups (broad SMARTS) is 1. The molecule has 9 heteroatoms. The van der Waals surface area contributed by atoms with Crippen molar-refractivity contribution in [3.63, 3.8) is 0 Å². The van der Waals surface area contributed by atoms with Gasteiger partial charge in [0.05, 0.1) is 23.3 Å². The van der Waals surface area contributed by atoms with Crippen LogP contribution in [0.25, 0.3) is 0 Å². The minimum atomic E-state index is -1.10. The number of nitrogens with one attached hydrogen (secondary N) is 1. The number of carbonyl (C=O) groups excluding carboxylic acids is 2. The van der Waals surface area contributed by atoms with Gasteiger partial charge in [0.15, 0.2) is 11.8 Å². The number of Topliss-reactive ketones (excluding diaryl/α,β-unsaturated/α-hetero) is 1. The van der Waals surface area contributed by atoms with Crippen LogP contribution in [0.15, 0.2) is 6.33 Å². The third-order valence-electron chi connectivity index (χ3n) is 4.75. The first kappa shape index (κ1) is 17.8. The molecule has 0 bridgehead atoms. The van der Waals surface area contributed by atoms with Crippen molar-refractivity contribution in [3.05, 3.63) is 34.7 Å². The molecule has 0 aromatic carbocycles. The Balaban J connectivity index is 1.76. The Labute approximate surface area is 150 Å². The minimum absolute atomic E-state index is 0.0643. The number of rotatable bonds is 5. The number of nitrogens with zero attached hydrogens (tertiary/aromatic N) is 4. The maximum atomic E-state index is 12.7. The van der Waals surface area contributed by atoms with Crippen molar-refractivity contribution in [1.29, 1.82) is 0 Å². The lowest BCUT2D eigenvalue weighted by Crippen LogP contribution is -2.44. The van der Waals surface area contributed by atoms with Crippen LogP contribution in [0.3, 0.4) is 0 Å². The van der Waals surface area contributed by atoms with Crippen molar-refractivity contribution in [3.8, 4) is 0 Å². The first-order valence-corrected chi connectivity index (χ1v) is 8.40. The predicted molar refractivity (Wildman–Crippen MR) is 90.7 cm³/mol. The topological polar surface area (TPSA) is 121 Å². The standard InChI is InChI=1S/C17H21N5O4/c1-9-14(11(3)23)10(2)22(20-9)7-5-13(24)21-6-4-12-15(19-8-18-12)16(21)17(25)26/h8,16H,4-7H2,1-3H3,(H,18,19)(H,25,26). The first-order chi connectivity index (χ1) is 12.3. The largest absolute Gasteiger partial charge is 0.479 e. The number of ketones is 1. The zero-order chi connectivity index (χ0) is 19.0. The van der Waals surface area contributed by atoms with Gasteiger partial charge in [-0.3, -0.25) is 14.3 Å². The molecule has 0 spiro atoms. The van der Waals surface area contributed by atoms with Crippen molar-refractivity contribution >= 4 is 17.7 Å². The monoisotopic (exact) mass is 359 g/mol. The number of aromatic amines is 1. The molecule has 1 aliphatic heterocycles. The third-order valence-corrected chi connectivity index (χ3v) is 4.75. The lowest BCUT2D eigenvalue weighted by molar-refractivity contribution is -0.151. The molecule has 0 aliphatic carbocycles. The highest BCUT2D eigenvalue weighted by molar-refractivity contribution is 5.96. The van der Waals surface area contributed by atoms with E-state index in [2.05, 4.69) is 15.1 Å². The maximum absolute atomic E-state index is 12.7. The summed E-state index contributed by atoms with van der Waals surface area (Å²) in [4.78, 5) is 44.4. The Hall–Kier alpha value is -2.97. The lowest BCUT2D eigenvalue weighted by Gasteiger charge is -2.32. The summed E-state index contributed by atoms with van der Waals surface area (Å²) in [5, 5.41) is 13.9. The van der Waals surface area contributed by atoms with Crippen molar-refractivity contribution in [2.24, 2.45) is 0 Å². The van der Waals surface area contributed by atoms with E-state index in [0.29, 0.717) is 35.6 Å². The summed E-state index contributed by atoms with van der Waals surface area (Å²) in [7, 11) is 0. The maximum Gasteiger partial charge on any atom is 0.332 e. The van der Waals surface area contributed by atoms with E-state index >= 15 is 0 Å². The van der Waals surface area contributed by atoms with Gasteiger partial charge in [-0.2, -0.15) is 5.10 Å². The van der Waals surface area contributed by atoms with Crippen LogP contribution in [0.5, 0.6) is 0 Å². The van der Waals surface area contributed by atoms with E-state index < -0.39 is 12.0 Å². The molecule has 0 saturated heterocycles. The molecule has 0 saturated carbocycles. The zero-order valence-corrected chi connectivity index (χ0v) is 14.9. The van der Waals surface area contributed by atoms with Gasteiger partial charge < -0.3 is 15.0 Å². The van der Waals surface area contributed by atoms with E-state index in [1.54, 1.807) is 18.5 Å².